The van der Waals surface area contributed by atoms with Crippen LogP contribution >= 0.6 is 0 Å². The van der Waals surface area contributed by atoms with E-state index in [0.29, 0.717) is 5.56 Å². The summed E-state index contributed by atoms with van der Waals surface area (Å²) >= 11 is 0. The van der Waals surface area contributed by atoms with Crippen molar-refractivity contribution < 1.29 is 7.16 Å². The average molecular weight is 361 g/mol. The molecule has 0 atom stereocenters. The van der Waals surface area contributed by atoms with Gasteiger partial charge in [-0.05, 0) is 52.8 Å². The summed E-state index contributed by atoms with van der Waals surface area (Å²) in [5.41, 5.74) is 4.43. The molecule has 0 spiro atoms. The molecule has 0 unspecified atom stereocenters. The van der Waals surface area contributed by atoms with Crippen LogP contribution in [0.4, 0.5) is 0 Å². The zero-order valence-corrected chi connectivity index (χ0v) is 17.4. The van der Waals surface area contributed by atoms with E-state index in [2.05, 4.69) is 52.0 Å². The predicted molar refractivity (Wildman–Crippen MR) is 118 cm³/mol. The largest absolute Gasteiger partial charge is 0.455 e. The SMILES string of the molecule is [2H]C([2H])(c1ccc2ccc3c4ccc(C)c(C(C)(C)C)c4oc3c2c1)C(C)(C)C. The van der Waals surface area contributed by atoms with Crippen molar-refractivity contribution in [2.45, 2.75) is 60.3 Å². The summed E-state index contributed by atoms with van der Waals surface area (Å²) in [7, 11) is 0. The molecule has 1 aromatic heterocycles. The number of aryl methyl sites for hydroxylation is 1. The molecule has 1 heteroatoms. The minimum Gasteiger partial charge on any atom is -0.455 e. The maximum atomic E-state index is 8.69. The number of fused-ring (bicyclic) bond motifs is 5. The van der Waals surface area contributed by atoms with Gasteiger partial charge in [0, 0.05) is 24.5 Å². The zero-order chi connectivity index (χ0) is 21.4. The molecule has 0 amide bonds. The molecule has 27 heavy (non-hydrogen) atoms. The summed E-state index contributed by atoms with van der Waals surface area (Å²) in [4.78, 5) is 0. The summed E-state index contributed by atoms with van der Waals surface area (Å²) in [6.07, 6.45) is -1.44. The number of rotatable bonds is 1. The Kier molecular flexibility index (Phi) is 3.42. The van der Waals surface area contributed by atoms with Gasteiger partial charge in [-0.1, -0.05) is 71.9 Å². The second-order valence-corrected chi connectivity index (χ2v) is 9.74. The monoisotopic (exact) mass is 360 g/mol. The van der Waals surface area contributed by atoms with Crippen LogP contribution in [0.25, 0.3) is 32.7 Å². The molecule has 0 aliphatic carbocycles. The standard InChI is InChI=1S/C26H30O/c1-16-8-12-20-19-13-11-18-10-9-17(15-25(2,3)4)14-21(18)23(19)27-24(20)22(16)26(5,6)7/h8-14H,15H2,1-7H3/i15D2. The van der Waals surface area contributed by atoms with E-state index >= 15 is 0 Å². The molecule has 0 saturated carbocycles. The lowest BCUT2D eigenvalue weighted by atomic mass is 9.83. The van der Waals surface area contributed by atoms with Crippen molar-refractivity contribution in [2.75, 3.05) is 0 Å². The molecule has 0 aliphatic heterocycles. The van der Waals surface area contributed by atoms with Gasteiger partial charge in [0.2, 0.25) is 0 Å². The van der Waals surface area contributed by atoms with Crippen molar-refractivity contribution in [1.82, 2.24) is 0 Å². The van der Waals surface area contributed by atoms with Crippen molar-refractivity contribution in [3.63, 3.8) is 0 Å². The topological polar surface area (TPSA) is 13.1 Å². The van der Waals surface area contributed by atoms with Crippen LogP contribution in [0, 0.1) is 12.3 Å². The normalized spacial score (nSPS) is 14.8. The molecular formula is C26H30O. The maximum Gasteiger partial charge on any atom is 0.143 e. The fourth-order valence-electron chi connectivity index (χ4n) is 4.16. The minimum absolute atomic E-state index is 0.0256. The highest BCUT2D eigenvalue weighted by atomic mass is 16.3. The summed E-state index contributed by atoms with van der Waals surface area (Å²) < 4.78 is 23.9. The van der Waals surface area contributed by atoms with Crippen LogP contribution in [0.15, 0.2) is 46.9 Å². The molecule has 0 fully saturated rings. The zero-order valence-electron chi connectivity index (χ0n) is 19.4. The lowest BCUT2D eigenvalue weighted by Gasteiger charge is -2.21. The first-order valence-corrected chi connectivity index (χ1v) is 9.72. The second-order valence-electron chi connectivity index (χ2n) is 9.74. The van der Waals surface area contributed by atoms with Gasteiger partial charge in [0.15, 0.2) is 0 Å². The summed E-state index contributed by atoms with van der Waals surface area (Å²) in [5.74, 6) is 0. The van der Waals surface area contributed by atoms with Gasteiger partial charge in [-0.15, -0.1) is 0 Å². The van der Waals surface area contributed by atoms with Crippen LogP contribution < -0.4 is 0 Å². The van der Waals surface area contributed by atoms with Gasteiger partial charge in [-0.25, -0.2) is 0 Å². The molecule has 3 aromatic carbocycles. The highest BCUT2D eigenvalue weighted by Gasteiger charge is 2.23. The van der Waals surface area contributed by atoms with Crippen LogP contribution in [0.1, 0.15) is 61.0 Å². The number of benzene rings is 3. The Bertz CT molecular complexity index is 1250. The molecule has 0 saturated heterocycles. The van der Waals surface area contributed by atoms with Crippen LogP contribution in [-0.4, -0.2) is 0 Å². The first-order valence-electron chi connectivity index (χ1n) is 10.7. The van der Waals surface area contributed by atoms with Crippen LogP contribution in [0.3, 0.4) is 0 Å². The van der Waals surface area contributed by atoms with Gasteiger partial charge in [-0.2, -0.15) is 0 Å². The van der Waals surface area contributed by atoms with Crippen LogP contribution in [0.5, 0.6) is 0 Å². The van der Waals surface area contributed by atoms with Gasteiger partial charge in [0.1, 0.15) is 11.2 Å². The van der Waals surface area contributed by atoms with Gasteiger partial charge < -0.3 is 4.42 Å². The number of hydrogen-bond donors (Lipinski definition) is 0. The van der Waals surface area contributed by atoms with E-state index < -0.39 is 11.8 Å². The van der Waals surface area contributed by atoms with Crippen molar-refractivity contribution in [3.8, 4) is 0 Å². The fraction of sp³-hybridized carbons (Fsp3) is 0.385. The highest BCUT2D eigenvalue weighted by molar-refractivity contribution is 6.15. The van der Waals surface area contributed by atoms with Crippen LogP contribution in [-0.2, 0) is 11.8 Å². The Labute approximate surface area is 165 Å². The molecule has 0 radical (unpaired) electrons. The molecule has 4 aromatic rings. The van der Waals surface area contributed by atoms with Gasteiger partial charge in [0.25, 0.3) is 0 Å². The summed E-state index contributed by atoms with van der Waals surface area (Å²) in [5, 5.41) is 4.26. The minimum atomic E-state index is -1.44. The van der Waals surface area contributed by atoms with Crippen LogP contribution in [0.2, 0.25) is 0 Å². The predicted octanol–water partition coefficient (Wildman–Crippen LogP) is 7.93. The van der Waals surface area contributed by atoms with Gasteiger partial charge in [0.05, 0.1) is 0 Å². The maximum absolute atomic E-state index is 8.69. The lowest BCUT2D eigenvalue weighted by Crippen LogP contribution is -2.13. The highest BCUT2D eigenvalue weighted by Crippen LogP contribution is 2.40. The number of hydrogen-bond acceptors (Lipinski definition) is 1. The number of furan rings is 1. The van der Waals surface area contributed by atoms with Gasteiger partial charge >= 0.3 is 0 Å². The van der Waals surface area contributed by atoms with Crippen molar-refractivity contribution in [1.29, 1.82) is 0 Å². The van der Waals surface area contributed by atoms with E-state index in [1.807, 2.05) is 39.0 Å². The van der Waals surface area contributed by atoms with E-state index in [0.717, 1.165) is 32.7 Å². The Hall–Kier alpha value is -2.28. The third-order valence-electron chi connectivity index (χ3n) is 5.10. The molecule has 140 valence electrons. The molecule has 1 nitrogen and oxygen atoms in total. The van der Waals surface area contributed by atoms with Crippen molar-refractivity contribution in [2.24, 2.45) is 5.41 Å². The summed E-state index contributed by atoms with van der Waals surface area (Å²) in [6, 6.07) is 14.5. The average Bonchev–Trinajstić information content (AvgIpc) is 2.97. The lowest BCUT2D eigenvalue weighted by molar-refractivity contribution is 0.411. The van der Waals surface area contributed by atoms with Crippen molar-refractivity contribution in [3.05, 3.63) is 59.2 Å². The molecule has 0 N–H and O–H groups in total. The van der Waals surface area contributed by atoms with E-state index in [-0.39, 0.29) is 5.41 Å². The summed E-state index contributed by atoms with van der Waals surface area (Å²) in [6.45, 7) is 14.6. The first-order chi connectivity index (χ1) is 13.3. The van der Waals surface area contributed by atoms with E-state index in [9.17, 15) is 0 Å². The Balaban J connectivity index is 2.10. The third kappa shape index (κ3) is 3.14. The Morgan fingerprint density at radius 2 is 1.44 bits per heavy atom. The van der Waals surface area contributed by atoms with E-state index in [1.54, 1.807) is 0 Å². The fourth-order valence-corrected chi connectivity index (χ4v) is 4.16. The Morgan fingerprint density at radius 1 is 0.815 bits per heavy atom. The Morgan fingerprint density at radius 3 is 2.11 bits per heavy atom. The quantitative estimate of drug-likeness (QED) is 0.336. The van der Waals surface area contributed by atoms with E-state index in [4.69, 9.17) is 7.16 Å². The van der Waals surface area contributed by atoms with E-state index in [1.165, 1.54) is 11.1 Å². The molecule has 0 aliphatic rings. The second kappa shape index (κ2) is 5.86. The van der Waals surface area contributed by atoms with Gasteiger partial charge in [-0.3, -0.25) is 0 Å². The molecule has 0 bridgehead atoms. The molecular weight excluding hydrogens is 328 g/mol. The molecule has 1 heterocycles. The third-order valence-corrected chi connectivity index (χ3v) is 5.10. The first kappa shape index (κ1) is 15.7. The van der Waals surface area contributed by atoms with Crippen molar-refractivity contribution >= 4 is 32.7 Å². The molecule has 4 rings (SSSR count). The smallest absolute Gasteiger partial charge is 0.143 e.